The van der Waals surface area contributed by atoms with Crippen molar-refractivity contribution in [2.24, 2.45) is 0 Å². The Bertz CT molecular complexity index is 985. The Morgan fingerprint density at radius 2 is 1.03 bits per heavy atom. The van der Waals surface area contributed by atoms with Crippen LogP contribution in [0.4, 0.5) is 11.4 Å². The summed E-state index contributed by atoms with van der Waals surface area (Å²) in [4.78, 5) is 10.2. The number of hydrogen-bond donors (Lipinski definition) is 0. The predicted molar refractivity (Wildman–Crippen MR) is 155 cm³/mol. The Kier molecular flexibility index (Phi) is 11.3. The molecule has 2 aromatic carbocycles. The standard InChI is InChI=1S/C30H46N3S/c1-5-9-11-13-21-33(22-14-12-10-6-2)26-16-18-28-30(24-26)34-29-23-25(15-17-27(29)31-28)32(19-7-3)20-8-4/h15-18,23-24H,5-14,19-22H2,1-4H3/q+1. The summed E-state index contributed by atoms with van der Waals surface area (Å²) in [6.45, 7) is 13.7. The van der Waals surface area contributed by atoms with Gasteiger partial charge in [-0.25, -0.2) is 4.98 Å². The molecule has 0 aliphatic carbocycles. The Hall–Kier alpha value is -1.94. The first kappa shape index (κ1) is 26.7. The molecule has 186 valence electrons. The first-order valence-corrected chi connectivity index (χ1v) is 14.7. The maximum Gasteiger partial charge on any atom is 0.259 e. The van der Waals surface area contributed by atoms with Crippen LogP contribution < -0.4 is 9.80 Å². The van der Waals surface area contributed by atoms with E-state index < -0.39 is 0 Å². The lowest BCUT2D eigenvalue weighted by atomic mass is 10.1. The van der Waals surface area contributed by atoms with Crippen LogP contribution in [0.3, 0.4) is 0 Å². The van der Waals surface area contributed by atoms with Crippen molar-refractivity contribution in [3.8, 4) is 0 Å². The third-order valence-electron chi connectivity index (χ3n) is 6.63. The number of hydrogen-bond acceptors (Lipinski definition) is 3. The highest BCUT2D eigenvalue weighted by Gasteiger charge is 2.17. The van der Waals surface area contributed by atoms with Gasteiger partial charge in [-0.05, 0) is 49.9 Å². The molecule has 0 bridgehead atoms. The van der Waals surface area contributed by atoms with Crippen LogP contribution in [-0.2, 0) is 0 Å². The molecule has 34 heavy (non-hydrogen) atoms. The summed E-state index contributed by atoms with van der Waals surface area (Å²) in [6.07, 6.45) is 12.9. The minimum Gasteiger partial charge on any atom is -0.371 e. The molecule has 0 aliphatic heterocycles. The minimum absolute atomic E-state index is 1.11. The number of rotatable bonds is 16. The van der Waals surface area contributed by atoms with Gasteiger partial charge in [-0.3, -0.25) is 0 Å². The first-order chi connectivity index (χ1) is 16.7. The maximum atomic E-state index is 5.02. The van der Waals surface area contributed by atoms with Crippen LogP contribution in [0, 0.1) is 0 Å². The van der Waals surface area contributed by atoms with Gasteiger partial charge in [-0.2, -0.15) is 0 Å². The fourth-order valence-corrected chi connectivity index (χ4v) is 5.77. The Morgan fingerprint density at radius 3 is 1.47 bits per heavy atom. The van der Waals surface area contributed by atoms with Crippen LogP contribution in [0.15, 0.2) is 36.4 Å². The number of nitrogens with zero attached hydrogens (tertiary/aromatic N) is 3. The third kappa shape index (κ3) is 7.53. The molecule has 0 radical (unpaired) electrons. The number of unbranched alkanes of at least 4 members (excludes halogenated alkanes) is 6. The summed E-state index contributed by atoms with van der Waals surface area (Å²) in [5.41, 5.74) is 4.92. The van der Waals surface area contributed by atoms with E-state index in [-0.39, 0.29) is 0 Å². The van der Waals surface area contributed by atoms with Crippen LogP contribution in [0.25, 0.3) is 20.4 Å². The maximum absolute atomic E-state index is 5.02. The summed E-state index contributed by atoms with van der Waals surface area (Å²) >= 11 is 1.90. The number of benzene rings is 2. The van der Waals surface area contributed by atoms with Crippen molar-refractivity contribution in [3.63, 3.8) is 0 Å². The molecule has 4 heteroatoms. The molecular formula is C30H46N3S+. The van der Waals surface area contributed by atoms with Crippen molar-refractivity contribution in [3.05, 3.63) is 36.4 Å². The molecule has 0 aliphatic rings. The molecule has 3 rings (SSSR count). The lowest BCUT2D eigenvalue weighted by Gasteiger charge is -2.25. The fourth-order valence-electron chi connectivity index (χ4n) is 4.73. The molecule has 1 heterocycles. The van der Waals surface area contributed by atoms with Crippen LogP contribution >= 0.6 is 11.3 Å². The van der Waals surface area contributed by atoms with Gasteiger partial charge in [0, 0.05) is 49.7 Å². The quantitative estimate of drug-likeness (QED) is 0.116. The lowest BCUT2D eigenvalue weighted by Crippen LogP contribution is -2.25. The molecule has 0 unspecified atom stereocenters. The average Bonchev–Trinajstić information content (AvgIpc) is 2.85. The second kappa shape index (κ2) is 14.5. The highest BCUT2D eigenvalue weighted by atomic mass is 32.1. The third-order valence-corrected chi connectivity index (χ3v) is 7.72. The zero-order chi connectivity index (χ0) is 24.2. The van der Waals surface area contributed by atoms with Crippen molar-refractivity contribution in [1.82, 2.24) is 4.98 Å². The SMILES string of the molecule is CCCCCCN(CCCCCC)c1ccc2nc3ccc(N(CCC)CCC)cc3[s+]c2c1. The van der Waals surface area contributed by atoms with Crippen LogP contribution in [0.2, 0.25) is 0 Å². The molecule has 0 saturated carbocycles. The van der Waals surface area contributed by atoms with Crippen molar-refractivity contribution < 1.29 is 0 Å². The van der Waals surface area contributed by atoms with Gasteiger partial charge in [0.25, 0.3) is 9.40 Å². The molecule has 0 amide bonds. The van der Waals surface area contributed by atoms with Crippen molar-refractivity contribution in [2.45, 2.75) is 91.9 Å². The van der Waals surface area contributed by atoms with Gasteiger partial charge in [0.05, 0.1) is 0 Å². The molecule has 0 atom stereocenters. The topological polar surface area (TPSA) is 19.4 Å². The normalized spacial score (nSPS) is 11.4. The predicted octanol–water partition coefficient (Wildman–Crippen LogP) is 9.32. The molecule has 3 aromatic rings. The summed E-state index contributed by atoms with van der Waals surface area (Å²) in [5, 5.41) is 0. The van der Waals surface area contributed by atoms with Crippen molar-refractivity contribution >= 4 is 43.1 Å². The summed E-state index contributed by atoms with van der Waals surface area (Å²) in [7, 11) is 0. The zero-order valence-electron chi connectivity index (χ0n) is 22.1. The smallest absolute Gasteiger partial charge is 0.259 e. The summed E-state index contributed by atoms with van der Waals surface area (Å²) in [5.74, 6) is 0. The fraction of sp³-hybridized carbons (Fsp3) is 0.600. The van der Waals surface area contributed by atoms with E-state index in [1.165, 1.54) is 85.0 Å². The number of anilines is 2. The monoisotopic (exact) mass is 480 g/mol. The first-order valence-electron chi connectivity index (χ1n) is 13.9. The van der Waals surface area contributed by atoms with Crippen LogP contribution in [-0.4, -0.2) is 31.2 Å². The molecular weight excluding hydrogens is 434 g/mol. The van der Waals surface area contributed by atoms with E-state index >= 15 is 0 Å². The molecule has 0 fully saturated rings. The lowest BCUT2D eigenvalue weighted by molar-refractivity contribution is 0.609. The van der Waals surface area contributed by atoms with Gasteiger partial charge in [0.2, 0.25) is 11.3 Å². The average molecular weight is 481 g/mol. The van der Waals surface area contributed by atoms with E-state index in [0.717, 1.165) is 37.2 Å². The van der Waals surface area contributed by atoms with Gasteiger partial charge < -0.3 is 9.80 Å². The van der Waals surface area contributed by atoms with Gasteiger partial charge in [-0.1, -0.05) is 66.2 Å². The zero-order valence-corrected chi connectivity index (χ0v) is 22.9. The molecule has 0 N–H and O–H groups in total. The molecule has 0 spiro atoms. The highest BCUT2D eigenvalue weighted by Crippen LogP contribution is 2.32. The second-order valence-electron chi connectivity index (χ2n) is 9.61. The summed E-state index contributed by atoms with van der Waals surface area (Å²) < 4.78 is 2.59. The number of fused-ring (bicyclic) bond motifs is 2. The van der Waals surface area contributed by atoms with Crippen molar-refractivity contribution in [1.29, 1.82) is 0 Å². The Balaban J connectivity index is 1.87. The van der Waals surface area contributed by atoms with Gasteiger partial charge >= 0.3 is 0 Å². The second-order valence-corrected chi connectivity index (χ2v) is 10.7. The molecule has 1 aromatic heterocycles. The summed E-state index contributed by atoms with van der Waals surface area (Å²) in [6, 6.07) is 13.8. The Morgan fingerprint density at radius 1 is 0.559 bits per heavy atom. The van der Waals surface area contributed by atoms with E-state index in [0.29, 0.717) is 0 Å². The molecule has 3 nitrogen and oxygen atoms in total. The van der Waals surface area contributed by atoms with Crippen molar-refractivity contribution in [2.75, 3.05) is 36.0 Å². The number of aromatic nitrogens is 1. The van der Waals surface area contributed by atoms with E-state index in [2.05, 4.69) is 73.9 Å². The minimum atomic E-state index is 1.11. The van der Waals surface area contributed by atoms with Gasteiger partial charge in [0.15, 0.2) is 0 Å². The Labute approximate surface area is 212 Å². The van der Waals surface area contributed by atoms with E-state index in [1.54, 1.807) is 0 Å². The van der Waals surface area contributed by atoms with E-state index in [9.17, 15) is 0 Å². The van der Waals surface area contributed by atoms with E-state index in [1.807, 2.05) is 11.3 Å². The van der Waals surface area contributed by atoms with Crippen LogP contribution in [0.5, 0.6) is 0 Å². The molecule has 0 saturated heterocycles. The largest absolute Gasteiger partial charge is 0.371 e. The van der Waals surface area contributed by atoms with Gasteiger partial charge in [0.1, 0.15) is 11.0 Å². The van der Waals surface area contributed by atoms with Gasteiger partial charge in [-0.15, -0.1) is 0 Å². The van der Waals surface area contributed by atoms with Crippen LogP contribution in [0.1, 0.15) is 91.9 Å². The van der Waals surface area contributed by atoms with E-state index in [4.69, 9.17) is 4.98 Å². The highest BCUT2D eigenvalue weighted by molar-refractivity contribution is 7.24.